The number of hydrogen-bond donors (Lipinski definition) is 1. The molecule has 3 heteroatoms. The van der Waals surface area contributed by atoms with Crippen LogP contribution in [0.15, 0.2) is 0 Å². The van der Waals surface area contributed by atoms with E-state index >= 15 is 0 Å². The number of nitrogens with zero attached hydrogens (tertiary/aromatic N) is 2. The van der Waals surface area contributed by atoms with Gasteiger partial charge in [-0.25, -0.2) is 0 Å². The van der Waals surface area contributed by atoms with Gasteiger partial charge in [-0.15, -0.1) is 0 Å². The van der Waals surface area contributed by atoms with Gasteiger partial charge in [-0.05, 0) is 33.5 Å². The Morgan fingerprint density at radius 1 is 1.33 bits per heavy atom. The third-order valence-corrected chi connectivity index (χ3v) is 3.25. The highest BCUT2D eigenvalue weighted by molar-refractivity contribution is 4.76. The number of hydrogen-bond acceptors (Lipinski definition) is 3. The summed E-state index contributed by atoms with van der Waals surface area (Å²) in [5.74, 6) is 0. The zero-order valence-electron chi connectivity index (χ0n) is 10.8. The summed E-state index contributed by atoms with van der Waals surface area (Å²) in [6, 6.07) is 1.34. The minimum atomic E-state index is 0.622. The van der Waals surface area contributed by atoms with E-state index in [2.05, 4.69) is 42.9 Å². The first-order chi connectivity index (χ1) is 7.09. The minimum absolute atomic E-state index is 0.622. The molecule has 0 aromatic rings. The summed E-state index contributed by atoms with van der Waals surface area (Å²) in [6.07, 6.45) is 1.27. The first-order valence-corrected chi connectivity index (χ1v) is 6.25. The van der Waals surface area contributed by atoms with Crippen LogP contribution in [-0.4, -0.2) is 61.7 Å². The molecule has 3 nitrogen and oxygen atoms in total. The van der Waals surface area contributed by atoms with Gasteiger partial charge in [0.2, 0.25) is 0 Å². The van der Waals surface area contributed by atoms with Crippen LogP contribution in [0, 0.1) is 0 Å². The molecule has 0 radical (unpaired) electrons. The fourth-order valence-electron chi connectivity index (χ4n) is 2.02. The summed E-state index contributed by atoms with van der Waals surface area (Å²) in [5.41, 5.74) is 0. The highest BCUT2D eigenvalue weighted by Gasteiger charge is 2.19. The van der Waals surface area contributed by atoms with Crippen molar-refractivity contribution >= 4 is 0 Å². The van der Waals surface area contributed by atoms with Crippen LogP contribution in [0.2, 0.25) is 0 Å². The van der Waals surface area contributed by atoms with Gasteiger partial charge in [0.1, 0.15) is 0 Å². The molecule has 0 aromatic heterocycles. The number of likely N-dealkylation sites (N-methyl/N-ethyl adjacent to an activating group) is 1. The minimum Gasteiger partial charge on any atom is -0.314 e. The predicted molar refractivity (Wildman–Crippen MR) is 66.3 cm³/mol. The number of nitrogens with one attached hydrogen (secondary N) is 1. The number of rotatable bonds is 5. The summed E-state index contributed by atoms with van der Waals surface area (Å²) >= 11 is 0. The smallest absolute Gasteiger partial charge is 0.0192 e. The molecule has 1 saturated heterocycles. The van der Waals surface area contributed by atoms with Crippen LogP contribution in [-0.2, 0) is 0 Å². The maximum atomic E-state index is 3.47. The van der Waals surface area contributed by atoms with Crippen molar-refractivity contribution in [2.45, 2.75) is 39.3 Å². The normalized spacial score (nSPS) is 25.0. The Morgan fingerprint density at radius 2 is 2.07 bits per heavy atom. The van der Waals surface area contributed by atoms with E-state index in [0.29, 0.717) is 6.04 Å². The van der Waals surface area contributed by atoms with E-state index in [4.69, 9.17) is 0 Å². The fraction of sp³-hybridized carbons (Fsp3) is 1.00. The molecule has 0 bridgehead atoms. The van der Waals surface area contributed by atoms with Gasteiger partial charge >= 0.3 is 0 Å². The average Bonchev–Trinajstić information content (AvgIpc) is 2.18. The van der Waals surface area contributed by atoms with E-state index in [1.165, 1.54) is 32.6 Å². The lowest BCUT2D eigenvalue weighted by Gasteiger charge is -2.37. The molecule has 0 saturated carbocycles. The van der Waals surface area contributed by atoms with Crippen LogP contribution in [0.25, 0.3) is 0 Å². The van der Waals surface area contributed by atoms with Crippen LogP contribution in [0.1, 0.15) is 27.2 Å². The second-order valence-corrected chi connectivity index (χ2v) is 5.09. The lowest BCUT2D eigenvalue weighted by Crippen LogP contribution is -2.50. The molecule has 1 aliphatic rings. The van der Waals surface area contributed by atoms with Gasteiger partial charge in [0, 0.05) is 31.7 Å². The molecule has 1 rings (SSSR count). The molecule has 0 spiro atoms. The van der Waals surface area contributed by atoms with E-state index in [1.807, 2.05) is 0 Å². The largest absolute Gasteiger partial charge is 0.314 e. The molecule has 90 valence electrons. The Hall–Kier alpha value is -0.120. The van der Waals surface area contributed by atoms with E-state index in [0.717, 1.165) is 12.6 Å². The molecule has 15 heavy (non-hydrogen) atoms. The Labute approximate surface area is 94.8 Å². The third-order valence-electron chi connectivity index (χ3n) is 3.25. The molecular weight excluding hydrogens is 186 g/mol. The molecule has 1 heterocycles. The zero-order valence-corrected chi connectivity index (χ0v) is 10.8. The maximum Gasteiger partial charge on any atom is 0.0192 e. The van der Waals surface area contributed by atoms with Crippen molar-refractivity contribution in [2.24, 2.45) is 0 Å². The van der Waals surface area contributed by atoms with Gasteiger partial charge in [-0.1, -0.05) is 13.8 Å². The molecular formula is C12H27N3. The van der Waals surface area contributed by atoms with Crippen molar-refractivity contribution in [3.8, 4) is 0 Å². The molecule has 1 fully saturated rings. The van der Waals surface area contributed by atoms with Crippen LogP contribution >= 0.6 is 0 Å². The van der Waals surface area contributed by atoms with Gasteiger partial charge in [-0.2, -0.15) is 0 Å². The van der Waals surface area contributed by atoms with Crippen LogP contribution in [0.5, 0.6) is 0 Å². The van der Waals surface area contributed by atoms with Crippen molar-refractivity contribution in [2.75, 3.05) is 39.8 Å². The van der Waals surface area contributed by atoms with Gasteiger partial charge in [0.25, 0.3) is 0 Å². The van der Waals surface area contributed by atoms with Gasteiger partial charge < -0.3 is 15.1 Å². The maximum absolute atomic E-state index is 3.47. The summed E-state index contributed by atoms with van der Waals surface area (Å²) < 4.78 is 0. The Bertz CT molecular complexity index is 170. The second kappa shape index (κ2) is 6.46. The Balaban J connectivity index is 2.07. The Kier molecular flexibility index (Phi) is 5.58. The lowest BCUT2D eigenvalue weighted by molar-refractivity contribution is 0.104. The molecule has 1 unspecified atom stereocenters. The van der Waals surface area contributed by atoms with Crippen LogP contribution < -0.4 is 5.32 Å². The quantitative estimate of drug-likeness (QED) is 0.688. The second-order valence-electron chi connectivity index (χ2n) is 5.09. The fourth-order valence-corrected chi connectivity index (χ4v) is 2.02. The topological polar surface area (TPSA) is 18.5 Å². The molecule has 1 atom stereocenters. The molecule has 1 N–H and O–H groups in total. The van der Waals surface area contributed by atoms with Gasteiger partial charge in [0.05, 0.1) is 0 Å². The van der Waals surface area contributed by atoms with Crippen molar-refractivity contribution in [1.29, 1.82) is 0 Å². The van der Waals surface area contributed by atoms with Crippen molar-refractivity contribution in [1.82, 2.24) is 15.1 Å². The zero-order chi connectivity index (χ0) is 11.3. The van der Waals surface area contributed by atoms with Crippen molar-refractivity contribution in [3.05, 3.63) is 0 Å². The first kappa shape index (κ1) is 12.9. The van der Waals surface area contributed by atoms with Crippen molar-refractivity contribution < 1.29 is 0 Å². The number of piperazine rings is 1. The Morgan fingerprint density at radius 3 is 2.67 bits per heavy atom. The first-order valence-electron chi connectivity index (χ1n) is 6.25. The third kappa shape index (κ3) is 4.96. The standard InChI is InChI=1S/C12H27N3/c1-11(2)13-6-5-7-15-9-8-14(4)12(3)10-15/h11-13H,5-10H2,1-4H3. The summed E-state index contributed by atoms with van der Waals surface area (Å²) in [5, 5.41) is 3.47. The van der Waals surface area contributed by atoms with Gasteiger partial charge in [-0.3, -0.25) is 0 Å². The highest BCUT2D eigenvalue weighted by atomic mass is 15.3. The lowest BCUT2D eigenvalue weighted by atomic mass is 10.2. The highest BCUT2D eigenvalue weighted by Crippen LogP contribution is 2.06. The van der Waals surface area contributed by atoms with E-state index in [1.54, 1.807) is 0 Å². The summed E-state index contributed by atoms with van der Waals surface area (Å²) in [4.78, 5) is 5.04. The summed E-state index contributed by atoms with van der Waals surface area (Å²) in [7, 11) is 2.22. The predicted octanol–water partition coefficient (Wildman–Crippen LogP) is 1.01. The molecule has 1 aliphatic heterocycles. The monoisotopic (exact) mass is 213 g/mol. The van der Waals surface area contributed by atoms with Crippen LogP contribution in [0.4, 0.5) is 0 Å². The van der Waals surface area contributed by atoms with Crippen molar-refractivity contribution in [3.63, 3.8) is 0 Å². The van der Waals surface area contributed by atoms with E-state index in [9.17, 15) is 0 Å². The van der Waals surface area contributed by atoms with E-state index < -0.39 is 0 Å². The van der Waals surface area contributed by atoms with Crippen LogP contribution in [0.3, 0.4) is 0 Å². The summed E-state index contributed by atoms with van der Waals surface area (Å²) in [6.45, 7) is 12.8. The van der Waals surface area contributed by atoms with Gasteiger partial charge in [0.15, 0.2) is 0 Å². The SMILES string of the molecule is CC(C)NCCCN1CCN(C)C(C)C1. The van der Waals surface area contributed by atoms with E-state index in [-0.39, 0.29) is 0 Å². The average molecular weight is 213 g/mol. The molecule has 0 aromatic carbocycles. The molecule has 0 aliphatic carbocycles. The molecule has 0 amide bonds.